The van der Waals surface area contributed by atoms with E-state index in [0.717, 1.165) is 0 Å². The average Bonchev–Trinajstić information content (AvgIpc) is 1.82. The van der Waals surface area contributed by atoms with Gasteiger partial charge in [-0.05, 0) is 6.42 Å². The van der Waals surface area contributed by atoms with Crippen LogP contribution in [-0.2, 0) is 4.74 Å². The highest BCUT2D eigenvalue weighted by atomic mass is 16.6. The molecule has 58 valence electrons. The summed E-state index contributed by atoms with van der Waals surface area (Å²) in [6.07, 6.45) is -1.65. The van der Waals surface area contributed by atoms with Crippen molar-refractivity contribution in [3.63, 3.8) is 0 Å². The van der Waals surface area contributed by atoms with Gasteiger partial charge in [0.2, 0.25) is 0 Å². The second kappa shape index (κ2) is 4.60. The standard InChI is InChI=1S/C5H9NO4/c1-2-3-10-5(9)6-4(7)8/h2-3H2,1H3,(H,6,9)(H,7,8). The van der Waals surface area contributed by atoms with E-state index in [4.69, 9.17) is 5.11 Å². The number of imide groups is 1. The molecule has 0 aliphatic rings. The predicted octanol–water partition coefficient (Wildman–Crippen LogP) is 0.801. The van der Waals surface area contributed by atoms with Crippen molar-refractivity contribution < 1.29 is 19.4 Å². The van der Waals surface area contributed by atoms with E-state index in [1.165, 1.54) is 5.32 Å². The molecule has 0 bridgehead atoms. The normalized spacial score (nSPS) is 8.50. The van der Waals surface area contributed by atoms with E-state index in [2.05, 4.69) is 4.74 Å². The molecule has 0 aliphatic heterocycles. The monoisotopic (exact) mass is 147 g/mol. The molecule has 0 aromatic rings. The van der Waals surface area contributed by atoms with Crippen molar-refractivity contribution in [3.8, 4) is 0 Å². The maximum atomic E-state index is 10.3. The van der Waals surface area contributed by atoms with Crippen LogP contribution in [0.25, 0.3) is 0 Å². The number of nitrogens with one attached hydrogen (secondary N) is 1. The highest BCUT2D eigenvalue weighted by molar-refractivity contribution is 5.86. The molecule has 0 unspecified atom stereocenters. The lowest BCUT2D eigenvalue weighted by Crippen LogP contribution is -2.29. The van der Waals surface area contributed by atoms with Crippen LogP contribution in [0.15, 0.2) is 0 Å². The van der Waals surface area contributed by atoms with E-state index in [-0.39, 0.29) is 6.61 Å². The van der Waals surface area contributed by atoms with Crippen molar-refractivity contribution in [2.45, 2.75) is 13.3 Å². The van der Waals surface area contributed by atoms with Gasteiger partial charge in [-0.15, -0.1) is 0 Å². The highest BCUT2D eigenvalue weighted by Crippen LogP contribution is 1.80. The molecule has 10 heavy (non-hydrogen) atoms. The Morgan fingerprint density at radius 2 is 2.20 bits per heavy atom. The number of hydrogen-bond acceptors (Lipinski definition) is 3. The molecule has 0 aliphatic carbocycles. The van der Waals surface area contributed by atoms with Crippen LogP contribution < -0.4 is 5.32 Å². The summed E-state index contributed by atoms with van der Waals surface area (Å²) in [6.45, 7) is 2.05. The molecule has 0 fully saturated rings. The van der Waals surface area contributed by atoms with E-state index in [9.17, 15) is 9.59 Å². The fourth-order valence-corrected chi connectivity index (χ4v) is 0.318. The third-order valence-electron chi connectivity index (χ3n) is 0.646. The third-order valence-corrected chi connectivity index (χ3v) is 0.646. The van der Waals surface area contributed by atoms with Gasteiger partial charge in [0, 0.05) is 0 Å². The Morgan fingerprint density at radius 3 is 2.60 bits per heavy atom. The first kappa shape index (κ1) is 8.74. The van der Waals surface area contributed by atoms with Gasteiger partial charge in [0.05, 0.1) is 6.61 Å². The van der Waals surface area contributed by atoms with Gasteiger partial charge in [-0.3, -0.25) is 0 Å². The Labute approximate surface area is 58.0 Å². The van der Waals surface area contributed by atoms with Gasteiger partial charge in [-0.25, -0.2) is 14.9 Å². The maximum absolute atomic E-state index is 10.3. The van der Waals surface area contributed by atoms with Gasteiger partial charge in [0.15, 0.2) is 0 Å². The van der Waals surface area contributed by atoms with Crippen LogP contribution in [0.1, 0.15) is 13.3 Å². The lowest BCUT2D eigenvalue weighted by molar-refractivity contribution is 0.140. The zero-order valence-corrected chi connectivity index (χ0v) is 5.59. The van der Waals surface area contributed by atoms with Crippen molar-refractivity contribution in [3.05, 3.63) is 0 Å². The molecule has 0 heterocycles. The topological polar surface area (TPSA) is 75.6 Å². The van der Waals surface area contributed by atoms with Crippen LogP contribution in [0.5, 0.6) is 0 Å². The van der Waals surface area contributed by atoms with Crippen molar-refractivity contribution in [2.24, 2.45) is 0 Å². The molecule has 0 rings (SSSR count). The second-order valence-corrected chi connectivity index (χ2v) is 1.57. The number of carbonyl (C=O) groups excluding carboxylic acids is 1. The molecular formula is C5H9NO4. The number of alkyl carbamates (subject to hydrolysis) is 1. The summed E-state index contributed by atoms with van der Waals surface area (Å²) < 4.78 is 4.37. The number of rotatable bonds is 2. The molecule has 5 heteroatoms. The predicted molar refractivity (Wildman–Crippen MR) is 32.8 cm³/mol. The Kier molecular flexibility index (Phi) is 4.02. The molecule has 0 saturated carbocycles. The number of carbonyl (C=O) groups is 2. The number of ether oxygens (including phenoxy) is 1. The largest absolute Gasteiger partial charge is 0.465 e. The molecule has 2 amide bonds. The maximum Gasteiger partial charge on any atom is 0.416 e. The lowest BCUT2D eigenvalue weighted by atomic mass is 10.5. The zero-order valence-electron chi connectivity index (χ0n) is 5.59. The number of amides is 2. The van der Waals surface area contributed by atoms with Crippen LogP contribution in [0.4, 0.5) is 9.59 Å². The summed E-state index contributed by atoms with van der Waals surface area (Å²) in [6, 6.07) is 0. The highest BCUT2D eigenvalue weighted by Gasteiger charge is 2.03. The van der Waals surface area contributed by atoms with Gasteiger partial charge in [-0.1, -0.05) is 6.92 Å². The molecule has 0 aromatic carbocycles. The van der Waals surface area contributed by atoms with Crippen LogP contribution in [0, 0.1) is 0 Å². The summed E-state index contributed by atoms with van der Waals surface area (Å²) in [4.78, 5) is 20.1. The van der Waals surface area contributed by atoms with Crippen LogP contribution in [0.3, 0.4) is 0 Å². The lowest BCUT2D eigenvalue weighted by Gasteiger charge is -1.99. The SMILES string of the molecule is CCCOC(=O)NC(=O)O. The fourth-order valence-electron chi connectivity index (χ4n) is 0.318. The van der Waals surface area contributed by atoms with Gasteiger partial charge < -0.3 is 9.84 Å². The number of carboxylic acid groups (broad SMARTS) is 1. The Balaban J connectivity index is 3.35. The van der Waals surface area contributed by atoms with E-state index in [1.807, 2.05) is 6.92 Å². The average molecular weight is 147 g/mol. The fraction of sp³-hybridized carbons (Fsp3) is 0.600. The first-order valence-corrected chi connectivity index (χ1v) is 2.83. The third kappa shape index (κ3) is 4.89. The van der Waals surface area contributed by atoms with Crippen molar-refractivity contribution in [2.75, 3.05) is 6.61 Å². The van der Waals surface area contributed by atoms with Gasteiger partial charge in [-0.2, -0.15) is 0 Å². The van der Waals surface area contributed by atoms with E-state index < -0.39 is 12.2 Å². The summed E-state index contributed by atoms with van der Waals surface area (Å²) in [5, 5.41) is 9.50. The molecule has 0 saturated heterocycles. The quantitative estimate of drug-likeness (QED) is 0.605. The summed E-state index contributed by atoms with van der Waals surface area (Å²) in [5.41, 5.74) is 0. The molecular weight excluding hydrogens is 138 g/mol. The molecule has 5 nitrogen and oxygen atoms in total. The smallest absolute Gasteiger partial charge is 0.416 e. The summed E-state index contributed by atoms with van der Waals surface area (Å²) in [5.74, 6) is 0. The second-order valence-electron chi connectivity index (χ2n) is 1.57. The molecule has 0 atom stereocenters. The summed E-state index contributed by atoms with van der Waals surface area (Å²) in [7, 11) is 0. The van der Waals surface area contributed by atoms with E-state index >= 15 is 0 Å². The Bertz CT molecular complexity index is 134. The molecule has 0 radical (unpaired) electrons. The minimum absolute atomic E-state index is 0.235. The zero-order chi connectivity index (χ0) is 7.98. The Hall–Kier alpha value is -1.26. The summed E-state index contributed by atoms with van der Waals surface area (Å²) >= 11 is 0. The minimum atomic E-state index is -1.40. The first-order chi connectivity index (χ1) is 4.66. The van der Waals surface area contributed by atoms with E-state index in [0.29, 0.717) is 6.42 Å². The van der Waals surface area contributed by atoms with Crippen LogP contribution in [0.2, 0.25) is 0 Å². The van der Waals surface area contributed by atoms with Crippen molar-refractivity contribution in [1.82, 2.24) is 5.32 Å². The van der Waals surface area contributed by atoms with Gasteiger partial charge >= 0.3 is 12.2 Å². The molecule has 0 spiro atoms. The van der Waals surface area contributed by atoms with Crippen molar-refractivity contribution >= 4 is 12.2 Å². The first-order valence-electron chi connectivity index (χ1n) is 2.83. The molecule has 2 N–H and O–H groups in total. The van der Waals surface area contributed by atoms with Gasteiger partial charge in [0.1, 0.15) is 0 Å². The number of hydrogen-bond donors (Lipinski definition) is 2. The van der Waals surface area contributed by atoms with Crippen molar-refractivity contribution in [1.29, 1.82) is 0 Å². The Morgan fingerprint density at radius 1 is 1.60 bits per heavy atom. The van der Waals surface area contributed by atoms with Crippen LogP contribution >= 0.6 is 0 Å². The van der Waals surface area contributed by atoms with Crippen LogP contribution in [-0.4, -0.2) is 23.9 Å². The minimum Gasteiger partial charge on any atom is -0.465 e. The van der Waals surface area contributed by atoms with E-state index in [1.54, 1.807) is 0 Å². The molecule has 0 aromatic heterocycles. The van der Waals surface area contributed by atoms with Gasteiger partial charge in [0.25, 0.3) is 0 Å².